The van der Waals surface area contributed by atoms with Gasteiger partial charge >= 0.3 is 0 Å². The Morgan fingerprint density at radius 2 is 1.93 bits per heavy atom. The van der Waals surface area contributed by atoms with Crippen molar-refractivity contribution in [2.45, 2.75) is 24.7 Å². The number of carbonyl (C=O) groups excluding carboxylic acids is 1. The lowest BCUT2D eigenvalue weighted by atomic mass is 10.2. The molecule has 7 nitrogen and oxygen atoms in total. The van der Waals surface area contributed by atoms with Crippen molar-refractivity contribution in [2.75, 3.05) is 12.9 Å². The number of hydrogen-bond donors (Lipinski definition) is 1. The van der Waals surface area contributed by atoms with Gasteiger partial charge in [-0.1, -0.05) is 41.6 Å². The molecule has 0 saturated heterocycles. The largest absolute Gasteiger partial charge is 0.497 e. The van der Waals surface area contributed by atoms with Crippen molar-refractivity contribution in [1.82, 2.24) is 20.1 Å². The molecule has 0 bridgehead atoms. The van der Waals surface area contributed by atoms with E-state index in [-0.39, 0.29) is 17.8 Å². The average Bonchev–Trinajstić information content (AvgIpc) is 3.12. The summed E-state index contributed by atoms with van der Waals surface area (Å²) < 4.78 is 13.0. The van der Waals surface area contributed by atoms with E-state index in [1.54, 1.807) is 19.2 Å². The van der Waals surface area contributed by atoms with Crippen LogP contribution < -0.4 is 14.8 Å². The van der Waals surface area contributed by atoms with Crippen molar-refractivity contribution in [3.8, 4) is 11.5 Å². The molecule has 9 heteroatoms. The van der Waals surface area contributed by atoms with Crippen LogP contribution in [-0.2, 0) is 18.4 Å². The number of hydrogen-bond acceptors (Lipinski definition) is 6. The Balaban J connectivity index is 1.52. The Bertz CT molecular complexity index is 994. The third-order valence-electron chi connectivity index (χ3n) is 4.32. The molecular weight excluding hydrogens is 424 g/mol. The van der Waals surface area contributed by atoms with Crippen LogP contribution in [0.25, 0.3) is 0 Å². The average molecular weight is 447 g/mol. The van der Waals surface area contributed by atoms with Gasteiger partial charge in [0.25, 0.3) is 0 Å². The minimum atomic E-state index is -0.317. The predicted octanol–water partition coefficient (Wildman–Crippen LogP) is 4.03. The maximum absolute atomic E-state index is 12.2. The number of halogens is 1. The van der Waals surface area contributed by atoms with Crippen LogP contribution in [0.4, 0.5) is 0 Å². The zero-order valence-electron chi connectivity index (χ0n) is 17.0. The molecule has 0 aliphatic rings. The monoisotopic (exact) mass is 446 g/mol. The number of thioether (sulfide) groups is 1. The molecule has 1 atom stereocenters. The van der Waals surface area contributed by atoms with Crippen molar-refractivity contribution in [3.63, 3.8) is 0 Å². The minimum absolute atomic E-state index is 0.0832. The standard InChI is InChI=1S/C21H23ClN4O3S/c1-14(29-18-6-4-5-17(11-18)28-3)20-24-25-21(26(20)2)30-13-19(27)23-12-15-7-9-16(22)10-8-15/h4-11,14H,12-13H2,1-3H3,(H,23,27). The highest BCUT2D eigenvalue weighted by Gasteiger charge is 2.18. The fraction of sp³-hybridized carbons (Fsp3) is 0.286. The van der Waals surface area contributed by atoms with Crippen LogP contribution in [0.15, 0.2) is 53.7 Å². The molecule has 3 aromatic rings. The molecule has 0 fully saturated rings. The molecule has 1 heterocycles. The van der Waals surface area contributed by atoms with E-state index in [0.717, 1.165) is 11.3 Å². The third kappa shape index (κ3) is 5.90. The molecule has 1 unspecified atom stereocenters. The van der Waals surface area contributed by atoms with Crippen molar-refractivity contribution in [3.05, 3.63) is 64.9 Å². The van der Waals surface area contributed by atoms with E-state index in [2.05, 4.69) is 15.5 Å². The Morgan fingerprint density at radius 1 is 1.20 bits per heavy atom. The second-order valence-corrected chi connectivity index (χ2v) is 7.91. The highest BCUT2D eigenvalue weighted by atomic mass is 35.5. The quantitative estimate of drug-likeness (QED) is 0.500. The van der Waals surface area contributed by atoms with Crippen molar-refractivity contribution in [1.29, 1.82) is 0 Å². The van der Waals surface area contributed by atoms with E-state index in [0.29, 0.717) is 28.3 Å². The molecular formula is C21H23ClN4O3S. The lowest BCUT2D eigenvalue weighted by Crippen LogP contribution is -2.24. The highest BCUT2D eigenvalue weighted by Crippen LogP contribution is 2.26. The van der Waals surface area contributed by atoms with Crippen LogP contribution in [0.2, 0.25) is 5.02 Å². The molecule has 2 aromatic carbocycles. The first-order chi connectivity index (χ1) is 14.5. The fourth-order valence-corrected chi connectivity index (χ4v) is 3.60. The topological polar surface area (TPSA) is 78.3 Å². The third-order valence-corrected chi connectivity index (χ3v) is 5.59. The first-order valence-electron chi connectivity index (χ1n) is 9.30. The number of nitrogens with one attached hydrogen (secondary N) is 1. The van der Waals surface area contributed by atoms with Crippen LogP contribution in [0.5, 0.6) is 11.5 Å². The summed E-state index contributed by atoms with van der Waals surface area (Å²) in [5.74, 6) is 2.23. The number of rotatable bonds is 9. The second kappa shape index (κ2) is 10.4. The molecule has 158 valence electrons. The van der Waals surface area contributed by atoms with Crippen molar-refractivity contribution in [2.24, 2.45) is 7.05 Å². The maximum atomic E-state index is 12.2. The van der Waals surface area contributed by atoms with Crippen molar-refractivity contribution < 1.29 is 14.3 Å². The van der Waals surface area contributed by atoms with Crippen LogP contribution in [0.3, 0.4) is 0 Å². The molecule has 0 radical (unpaired) electrons. The van der Waals surface area contributed by atoms with E-state index >= 15 is 0 Å². The molecule has 3 rings (SSSR count). The number of benzene rings is 2. The summed E-state index contributed by atoms with van der Waals surface area (Å²) in [6, 6.07) is 14.8. The Kier molecular flexibility index (Phi) is 7.59. The molecule has 1 aromatic heterocycles. The van der Waals surface area contributed by atoms with Gasteiger partial charge in [0.1, 0.15) is 11.5 Å². The number of methoxy groups -OCH3 is 1. The first kappa shape index (κ1) is 22.0. The van der Waals surface area contributed by atoms with Gasteiger partial charge in [-0.3, -0.25) is 4.79 Å². The van der Waals surface area contributed by atoms with E-state index in [4.69, 9.17) is 21.1 Å². The van der Waals surface area contributed by atoms with Crippen LogP contribution >= 0.6 is 23.4 Å². The number of amides is 1. The van der Waals surface area contributed by atoms with Gasteiger partial charge in [-0.15, -0.1) is 10.2 Å². The van der Waals surface area contributed by atoms with Gasteiger partial charge in [-0.2, -0.15) is 0 Å². The molecule has 30 heavy (non-hydrogen) atoms. The lowest BCUT2D eigenvalue weighted by Gasteiger charge is -2.14. The summed E-state index contributed by atoms with van der Waals surface area (Å²) in [6.07, 6.45) is -0.317. The van der Waals surface area contributed by atoms with E-state index in [1.165, 1.54) is 11.8 Å². The normalized spacial score (nSPS) is 11.7. The number of nitrogens with zero attached hydrogens (tertiary/aromatic N) is 3. The predicted molar refractivity (Wildman–Crippen MR) is 117 cm³/mol. The molecule has 1 amide bonds. The summed E-state index contributed by atoms with van der Waals surface area (Å²) in [6.45, 7) is 2.35. The SMILES string of the molecule is COc1cccc(OC(C)c2nnc(SCC(=O)NCc3ccc(Cl)cc3)n2C)c1. The molecule has 0 aliphatic carbocycles. The molecule has 1 N–H and O–H groups in total. The van der Waals surface area contributed by atoms with Crippen LogP contribution in [0, 0.1) is 0 Å². The molecule has 0 saturated carbocycles. The Hall–Kier alpha value is -2.71. The van der Waals surface area contributed by atoms with Gasteiger partial charge in [-0.05, 0) is 36.8 Å². The summed E-state index contributed by atoms with van der Waals surface area (Å²) >= 11 is 7.19. The highest BCUT2D eigenvalue weighted by molar-refractivity contribution is 7.99. The zero-order chi connectivity index (χ0) is 21.5. The van der Waals surface area contributed by atoms with Gasteiger partial charge < -0.3 is 19.4 Å². The van der Waals surface area contributed by atoms with E-state index in [1.807, 2.05) is 54.9 Å². The number of aromatic nitrogens is 3. The van der Waals surface area contributed by atoms with Gasteiger partial charge in [-0.25, -0.2) is 0 Å². The maximum Gasteiger partial charge on any atom is 0.230 e. The number of carbonyl (C=O) groups is 1. The minimum Gasteiger partial charge on any atom is -0.497 e. The lowest BCUT2D eigenvalue weighted by molar-refractivity contribution is -0.118. The van der Waals surface area contributed by atoms with Gasteiger partial charge in [0, 0.05) is 24.7 Å². The second-order valence-electron chi connectivity index (χ2n) is 6.53. The summed E-state index contributed by atoms with van der Waals surface area (Å²) in [7, 11) is 3.47. The van der Waals surface area contributed by atoms with Gasteiger partial charge in [0.2, 0.25) is 5.91 Å². The smallest absolute Gasteiger partial charge is 0.230 e. The van der Waals surface area contributed by atoms with E-state index in [9.17, 15) is 4.79 Å². The Morgan fingerprint density at radius 3 is 2.67 bits per heavy atom. The van der Waals surface area contributed by atoms with Gasteiger partial charge in [0.15, 0.2) is 17.1 Å². The summed E-state index contributed by atoms with van der Waals surface area (Å²) in [4.78, 5) is 12.2. The summed E-state index contributed by atoms with van der Waals surface area (Å²) in [5.41, 5.74) is 0.988. The van der Waals surface area contributed by atoms with Crippen molar-refractivity contribution >= 4 is 29.3 Å². The summed E-state index contributed by atoms with van der Waals surface area (Å²) in [5, 5.41) is 12.6. The molecule has 0 spiro atoms. The first-order valence-corrected chi connectivity index (χ1v) is 10.7. The van der Waals surface area contributed by atoms with Crippen LogP contribution in [-0.4, -0.2) is 33.5 Å². The fourth-order valence-electron chi connectivity index (χ4n) is 2.72. The Labute approximate surface area is 184 Å². The zero-order valence-corrected chi connectivity index (χ0v) is 18.5. The van der Waals surface area contributed by atoms with Crippen LogP contribution in [0.1, 0.15) is 24.4 Å². The van der Waals surface area contributed by atoms with Gasteiger partial charge in [0.05, 0.1) is 12.9 Å². The number of ether oxygens (including phenoxy) is 2. The molecule has 0 aliphatic heterocycles. The van der Waals surface area contributed by atoms with E-state index < -0.39 is 0 Å².